The zero-order chi connectivity index (χ0) is 17.6. The molecule has 0 spiro atoms. The smallest absolute Gasteiger partial charge is 0.329 e. The third-order valence-corrected chi connectivity index (χ3v) is 4.75. The maximum absolute atomic E-state index is 12.9. The zero-order valence-corrected chi connectivity index (χ0v) is 13.1. The standard InChI is InChI=1S/C19H14FNO4/c20-14-7-5-11(6-8-14)12-9-13(10-12)19(24)25-21-17(22)15-3-1-2-4-16(15)18(21)23/h1-8,12-13H,9-10H2. The highest BCUT2D eigenvalue weighted by atomic mass is 19.1. The minimum absolute atomic E-state index is 0.153. The number of imide groups is 1. The SMILES string of the molecule is O=C(ON1C(=O)c2ccccc2C1=O)C1CC(c2ccc(F)cc2)C1. The average Bonchev–Trinajstić information content (AvgIpc) is 2.81. The fourth-order valence-electron chi connectivity index (χ4n) is 3.23. The molecule has 2 aliphatic rings. The Hall–Kier alpha value is -3.02. The molecule has 1 aliphatic carbocycles. The zero-order valence-electron chi connectivity index (χ0n) is 13.1. The molecule has 0 saturated heterocycles. The highest BCUT2D eigenvalue weighted by Gasteiger charge is 2.42. The summed E-state index contributed by atoms with van der Waals surface area (Å²) in [7, 11) is 0. The lowest BCUT2D eigenvalue weighted by Gasteiger charge is -2.34. The molecule has 1 aliphatic heterocycles. The first-order valence-corrected chi connectivity index (χ1v) is 7.99. The Balaban J connectivity index is 1.39. The van der Waals surface area contributed by atoms with Crippen molar-refractivity contribution in [2.45, 2.75) is 18.8 Å². The van der Waals surface area contributed by atoms with E-state index in [0.29, 0.717) is 17.9 Å². The first-order chi connectivity index (χ1) is 12.0. The van der Waals surface area contributed by atoms with Crippen LogP contribution in [-0.2, 0) is 9.63 Å². The van der Waals surface area contributed by atoms with Gasteiger partial charge in [-0.25, -0.2) is 9.18 Å². The normalized spacial score (nSPS) is 21.7. The largest absolute Gasteiger partial charge is 0.336 e. The van der Waals surface area contributed by atoms with Crippen molar-refractivity contribution < 1.29 is 23.6 Å². The van der Waals surface area contributed by atoms with Gasteiger partial charge in [0.2, 0.25) is 0 Å². The highest BCUT2D eigenvalue weighted by molar-refractivity contribution is 6.20. The molecule has 0 atom stereocenters. The van der Waals surface area contributed by atoms with Gasteiger partial charge in [-0.15, -0.1) is 0 Å². The van der Waals surface area contributed by atoms with Crippen LogP contribution in [0.4, 0.5) is 4.39 Å². The monoisotopic (exact) mass is 339 g/mol. The molecule has 2 aromatic rings. The van der Waals surface area contributed by atoms with Crippen LogP contribution in [0.1, 0.15) is 45.0 Å². The molecule has 0 bridgehead atoms. The van der Waals surface area contributed by atoms with Gasteiger partial charge in [-0.2, -0.15) is 0 Å². The Morgan fingerprint density at radius 1 is 0.960 bits per heavy atom. The quantitative estimate of drug-likeness (QED) is 0.806. The molecule has 5 nitrogen and oxygen atoms in total. The van der Waals surface area contributed by atoms with Crippen molar-refractivity contribution in [3.05, 3.63) is 71.0 Å². The highest BCUT2D eigenvalue weighted by Crippen LogP contribution is 2.42. The lowest BCUT2D eigenvalue weighted by atomic mass is 9.71. The van der Waals surface area contributed by atoms with Crippen LogP contribution in [0.15, 0.2) is 48.5 Å². The number of halogens is 1. The Bertz CT molecular complexity index is 836. The fourth-order valence-corrected chi connectivity index (χ4v) is 3.23. The van der Waals surface area contributed by atoms with E-state index in [1.165, 1.54) is 24.3 Å². The minimum Gasteiger partial charge on any atom is -0.329 e. The van der Waals surface area contributed by atoms with E-state index < -0.39 is 17.8 Å². The number of hydrogen-bond donors (Lipinski definition) is 0. The van der Waals surface area contributed by atoms with Crippen LogP contribution in [0.3, 0.4) is 0 Å². The molecule has 2 aromatic carbocycles. The lowest BCUT2D eigenvalue weighted by Crippen LogP contribution is -2.38. The molecule has 0 N–H and O–H groups in total. The second-order valence-electron chi connectivity index (χ2n) is 6.28. The van der Waals surface area contributed by atoms with Crippen LogP contribution in [0.2, 0.25) is 0 Å². The number of rotatable bonds is 3. The number of carbonyl (C=O) groups is 3. The Labute approximate surface area is 143 Å². The predicted octanol–water partition coefficient (Wildman–Crippen LogP) is 3.07. The maximum atomic E-state index is 12.9. The summed E-state index contributed by atoms with van der Waals surface area (Å²) in [6, 6.07) is 12.5. The first-order valence-electron chi connectivity index (χ1n) is 7.99. The Morgan fingerprint density at radius 3 is 2.08 bits per heavy atom. The third kappa shape index (κ3) is 2.59. The minimum atomic E-state index is -0.622. The van der Waals surface area contributed by atoms with Gasteiger partial charge >= 0.3 is 5.97 Å². The molecule has 6 heteroatoms. The fraction of sp³-hybridized carbons (Fsp3) is 0.211. The number of carbonyl (C=O) groups excluding carboxylic acids is 3. The molecule has 25 heavy (non-hydrogen) atoms. The molecule has 0 aromatic heterocycles. The first kappa shape index (κ1) is 15.5. The van der Waals surface area contributed by atoms with Crippen LogP contribution >= 0.6 is 0 Å². The molecule has 126 valence electrons. The van der Waals surface area contributed by atoms with E-state index in [1.807, 2.05) is 0 Å². The van der Waals surface area contributed by atoms with Crippen molar-refractivity contribution >= 4 is 17.8 Å². The van der Waals surface area contributed by atoms with Crippen LogP contribution in [0, 0.1) is 11.7 Å². The second-order valence-corrected chi connectivity index (χ2v) is 6.28. The topological polar surface area (TPSA) is 63.7 Å². The van der Waals surface area contributed by atoms with Crippen LogP contribution < -0.4 is 0 Å². The van der Waals surface area contributed by atoms with Crippen molar-refractivity contribution in [2.75, 3.05) is 0 Å². The number of fused-ring (bicyclic) bond motifs is 1. The van der Waals surface area contributed by atoms with Crippen LogP contribution in [0.25, 0.3) is 0 Å². The summed E-state index contributed by atoms with van der Waals surface area (Å²) >= 11 is 0. The summed E-state index contributed by atoms with van der Waals surface area (Å²) in [5.41, 5.74) is 1.43. The van der Waals surface area contributed by atoms with Crippen LogP contribution in [-0.4, -0.2) is 22.8 Å². The molecule has 0 radical (unpaired) electrons. The molecule has 0 unspecified atom stereocenters. The third-order valence-electron chi connectivity index (χ3n) is 4.75. The summed E-state index contributed by atoms with van der Waals surface area (Å²) in [5.74, 6) is -2.36. The summed E-state index contributed by atoms with van der Waals surface area (Å²) in [6.07, 6.45) is 1.10. The average molecular weight is 339 g/mol. The van der Waals surface area contributed by atoms with Crippen molar-refractivity contribution in [1.29, 1.82) is 0 Å². The van der Waals surface area contributed by atoms with E-state index in [1.54, 1.807) is 24.3 Å². The second kappa shape index (κ2) is 5.81. The Kier molecular flexibility index (Phi) is 3.60. The summed E-state index contributed by atoms with van der Waals surface area (Å²) in [5, 5.41) is 0.540. The summed E-state index contributed by atoms with van der Waals surface area (Å²) in [6.45, 7) is 0. The van der Waals surface area contributed by atoms with Gasteiger partial charge in [0.25, 0.3) is 11.8 Å². The number of amides is 2. The van der Waals surface area contributed by atoms with Gasteiger partial charge in [-0.1, -0.05) is 29.3 Å². The van der Waals surface area contributed by atoms with E-state index in [-0.39, 0.29) is 28.8 Å². The lowest BCUT2D eigenvalue weighted by molar-refractivity contribution is -0.177. The molecule has 1 saturated carbocycles. The Morgan fingerprint density at radius 2 is 1.52 bits per heavy atom. The van der Waals surface area contributed by atoms with Gasteiger partial charge in [0.15, 0.2) is 0 Å². The van der Waals surface area contributed by atoms with Gasteiger partial charge in [-0.3, -0.25) is 9.59 Å². The maximum Gasteiger partial charge on any atom is 0.336 e. The molecule has 1 fully saturated rings. The van der Waals surface area contributed by atoms with E-state index in [0.717, 1.165) is 5.56 Å². The molecular formula is C19H14FNO4. The van der Waals surface area contributed by atoms with Gasteiger partial charge in [0.1, 0.15) is 5.82 Å². The number of hydroxylamine groups is 2. The van der Waals surface area contributed by atoms with Gasteiger partial charge < -0.3 is 4.84 Å². The van der Waals surface area contributed by atoms with E-state index in [9.17, 15) is 18.8 Å². The van der Waals surface area contributed by atoms with E-state index in [2.05, 4.69) is 0 Å². The number of nitrogens with zero attached hydrogens (tertiary/aromatic N) is 1. The summed E-state index contributed by atoms with van der Waals surface area (Å²) in [4.78, 5) is 41.7. The van der Waals surface area contributed by atoms with Crippen molar-refractivity contribution in [2.24, 2.45) is 5.92 Å². The number of hydrogen-bond acceptors (Lipinski definition) is 4. The molecule has 1 heterocycles. The van der Waals surface area contributed by atoms with E-state index in [4.69, 9.17) is 4.84 Å². The van der Waals surface area contributed by atoms with Gasteiger partial charge in [-0.05, 0) is 48.6 Å². The van der Waals surface area contributed by atoms with E-state index >= 15 is 0 Å². The molecular weight excluding hydrogens is 325 g/mol. The van der Waals surface area contributed by atoms with Crippen LogP contribution in [0.5, 0.6) is 0 Å². The predicted molar refractivity (Wildman–Crippen MR) is 84.9 cm³/mol. The van der Waals surface area contributed by atoms with Gasteiger partial charge in [0, 0.05) is 0 Å². The van der Waals surface area contributed by atoms with Crippen molar-refractivity contribution in [1.82, 2.24) is 5.06 Å². The number of benzene rings is 2. The van der Waals surface area contributed by atoms with Gasteiger partial charge in [0.05, 0.1) is 17.0 Å². The van der Waals surface area contributed by atoms with Crippen molar-refractivity contribution in [3.63, 3.8) is 0 Å². The summed E-state index contributed by atoms with van der Waals surface area (Å²) < 4.78 is 12.9. The van der Waals surface area contributed by atoms with Crippen molar-refractivity contribution in [3.8, 4) is 0 Å². The molecule has 2 amide bonds. The molecule has 4 rings (SSSR count).